The van der Waals surface area contributed by atoms with Gasteiger partial charge in [-0.25, -0.2) is 9.67 Å². The van der Waals surface area contributed by atoms with Crippen LogP contribution in [0.15, 0.2) is 36.8 Å². The highest BCUT2D eigenvalue weighted by Gasteiger charge is 2.34. The molecule has 2 aromatic heterocycles. The average Bonchev–Trinajstić information content (AvgIpc) is 3.03. The number of piperidine rings is 1. The minimum atomic E-state index is -0.487. The zero-order valence-corrected chi connectivity index (χ0v) is 14.5. The van der Waals surface area contributed by atoms with Crippen molar-refractivity contribution < 1.29 is 4.79 Å². The van der Waals surface area contributed by atoms with Gasteiger partial charge in [-0.05, 0) is 50.9 Å². The maximum absolute atomic E-state index is 12.4. The van der Waals surface area contributed by atoms with E-state index < -0.39 is 5.54 Å². The third-order valence-electron chi connectivity index (χ3n) is 3.86. The second-order valence-corrected chi connectivity index (χ2v) is 5.53. The van der Waals surface area contributed by atoms with Crippen molar-refractivity contribution in [3.8, 4) is 5.82 Å². The topological polar surface area (TPSA) is 71.8 Å². The number of rotatable bonds is 3. The van der Waals surface area contributed by atoms with E-state index in [2.05, 4.69) is 20.7 Å². The first-order valence-corrected chi connectivity index (χ1v) is 7.20. The molecular formula is C15H21Cl2N5O. The van der Waals surface area contributed by atoms with E-state index >= 15 is 0 Å². The maximum atomic E-state index is 12.4. The molecule has 0 bridgehead atoms. The molecule has 23 heavy (non-hydrogen) atoms. The lowest BCUT2D eigenvalue weighted by Crippen LogP contribution is -2.54. The van der Waals surface area contributed by atoms with Gasteiger partial charge in [-0.1, -0.05) is 0 Å². The van der Waals surface area contributed by atoms with Crippen LogP contribution < -0.4 is 10.6 Å². The van der Waals surface area contributed by atoms with Crippen LogP contribution >= 0.6 is 24.8 Å². The van der Waals surface area contributed by atoms with Gasteiger partial charge in [-0.15, -0.1) is 24.8 Å². The number of carbonyl (C=O) groups is 1. The first-order chi connectivity index (χ1) is 10.2. The van der Waals surface area contributed by atoms with Gasteiger partial charge in [-0.2, -0.15) is 5.10 Å². The van der Waals surface area contributed by atoms with Crippen LogP contribution in [0.25, 0.3) is 5.82 Å². The predicted molar refractivity (Wildman–Crippen MR) is 94.7 cm³/mol. The van der Waals surface area contributed by atoms with Crippen molar-refractivity contribution in [2.24, 2.45) is 0 Å². The zero-order chi connectivity index (χ0) is 14.7. The van der Waals surface area contributed by atoms with E-state index in [4.69, 9.17) is 0 Å². The van der Waals surface area contributed by atoms with Crippen LogP contribution in [-0.2, 0) is 4.79 Å². The van der Waals surface area contributed by atoms with Crippen molar-refractivity contribution in [3.63, 3.8) is 0 Å². The quantitative estimate of drug-likeness (QED) is 0.885. The third-order valence-corrected chi connectivity index (χ3v) is 3.86. The molecule has 3 heterocycles. The Kier molecular flexibility index (Phi) is 7.00. The SMILES string of the molecule is CC1(C(=O)Nc2ccc(-n3cccn3)nc2)CCCCN1.Cl.Cl. The molecule has 0 spiro atoms. The molecule has 1 saturated heterocycles. The summed E-state index contributed by atoms with van der Waals surface area (Å²) < 4.78 is 1.68. The first-order valence-electron chi connectivity index (χ1n) is 7.20. The van der Waals surface area contributed by atoms with Gasteiger partial charge in [0, 0.05) is 12.4 Å². The summed E-state index contributed by atoms with van der Waals surface area (Å²) in [6.07, 6.45) is 8.25. The first kappa shape index (κ1) is 19.4. The molecule has 0 radical (unpaired) electrons. The molecule has 1 aliphatic rings. The molecule has 2 aromatic rings. The highest BCUT2D eigenvalue weighted by atomic mass is 35.5. The highest BCUT2D eigenvalue weighted by Crippen LogP contribution is 2.21. The van der Waals surface area contributed by atoms with Crippen LogP contribution in [0.1, 0.15) is 26.2 Å². The van der Waals surface area contributed by atoms with Gasteiger partial charge in [0.05, 0.1) is 17.4 Å². The summed E-state index contributed by atoms with van der Waals surface area (Å²) in [7, 11) is 0. The van der Waals surface area contributed by atoms with E-state index in [1.54, 1.807) is 17.1 Å². The second-order valence-electron chi connectivity index (χ2n) is 5.53. The molecule has 1 aliphatic heterocycles. The summed E-state index contributed by atoms with van der Waals surface area (Å²) in [5, 5.41) is 10.4. The lowest BCUT2D eigenvalue weighted by molar-refractivity contribution is -0.122. The number of aromatic nitrogens is 3. The fourth-order valence-corrected chi connectivity index (χ4v) is 2.52. The molecule has 6 nitrogen and oxygen atoms in total. The van der Waals surface area contributed by atoms with Gasteiger partial charge in [0.2, 0.25) is 5.91 Å². The maximum Gasteiger partial charge on any atom is 0.244 e. The lowest BCUT2D eigenvalue weighted by Gasteiger charge is -2.33. The molecule has 0 aromatic carbocycles. The normalized spacial score (nSPS) is 20.0. The molecule has 8 heteroatoms. The Morgan fingerprint density at radius 1 is 1.35 bits per heavy atom. The Hall–Kier alpha value is -1.63. The largest absolute Gasteiger partial charge is 0.323 e. The van der Waals surface area contributed by atoms with Crippen molar-refractivity contribution in [1.29, 1.82) is 0 Å². The predicted octanol–water partition coefficient (Wildman–Crippen LogP) is 2.58. The Morgan fingerprint density at radius 2 is 2.17 bits per heavy atom. The van der Waals surface area contributed by atoms with Crippen LogP contribution in [0.4, 0.5) is 5.69 Å². The lowest BCUT2D eigenvalue weighted by atomic mass is 9.90. The van der Waals surface area contributed by atoms with Crippen LogP contribution in [0.5, 0.6) is 0 Å². The van der Waals surface area contributed by atoms with Gasteiger partial charge in [-0.3, -0.25) is 4.79 Å². The number of carbonyl (C=O) groups excluding carboxylic acids is 1. The van der Waals surface area contributed by atoms with Gasteiger partial charge < -0.3 is 10.6 Å². The van der Waals surface area contributed by atoms with Crippen LogP contribution in [0.2, 0.25) is 0 Å². The van der Waals surface area contributed by atoms with E-state index in [-0.39, 0.29) is 30.7 Å². The molecular weight excluding hydrogens is 337 g/mol. The summed E-state index contributed by atoms with van der Waals surface area (Å²) in [5.41, 5.74) is 0.211. The van der Waals surface area contributed by atoms with E-state index in [0.717, 1.165) is 31.6 Å². The highest BCUT2D eigenvalue weighted by molar-refractivity contribution is 5.97. The van der Waals surface area contributed by atoms with Gasteiger partial charge in [0.1, 0.15) is 0 Å². The molecule has 126 valence electrons. The van der Waals surface area contributed by atoms with Crippen LogP contribution in [-0.4, -0.2) is 32.8 Å². The number of anilines is 1. The summed E-state index contributed by atoms with van der Waals surface area (Å²) in [5.74, 6) is 0.718. The fraction of sp³-hybridized carbons (Fsp3) is 0.400. The van der Waals surface area contributed by atoms with E-state index in [1.807, 2.05) is 31.3 Å². The molecule has 0 saturated carbocycles. The number of hydrogen-bond acceptors (Lipinski definition) is 4. The molecule has 1 atom stereocenters. The molecule has 3 rings (SSSR count). The summed E-state index contributed by atoms with van der Waals surface area (Å²) in [6.45, 7) is 2.84. The second kappa shape index (κ2) is 8.29. The number of halogens is 2. The number of amides is 1. The van der Waals surface area contributed by atoms with Crippen molar-refractivity contribution in [3.05, 3.63) is 36.8 Å². The smallest absolute Gasteiger partial charge is 0.244 e. The Bertz CT molecular complexity index is 609. The monoisotopic (exact) mass is 357 g/mol. The van der Waals surface area contributed by atoms with Gasteiger partial charge in [0.25, 0.3) is 0 Å². The molecule has 1 fully saturated rings. The minimum absolute atomic E-state index is 0. The van der Waals surface area contributed by atoms with Crippen molar-refractivity contribution >= 4 is 36.4 Å². The standard InChI is InChI=1S/C15H19N5O.2ClH/c1-15(7-2-3-8-17-15)14(21)19-12-5-6-13(16-11-12)20-10-4-9-18-20;;/h4-6,9-11,17H,2-3,7-8H2,1H3,(H,19,21);2*1H. The molecule has 1 unspecified atom stereocenters. The summed E-state index contributed by atoms with van der Waals surface area (Å²) in [6, 6.07) is 5.51. The molecule has 0 aliphatic carbocycles. The number of hydrogen-bond donors (Lipinski definition) is 2. The fourth-order valence-electron chi connectivity index (χ4n) is 2.52. The number of nitrogens with one attached hydrogen (secondary N) is 2. The third kappa shape index (κ3) is 4.43. The van der Waals surface area contributed by atoms with Gasteiger partial charge >= 0.3 is 0 Å². The van der Waals surface area contributed by atoms with Crippen molar-refractivity contribution in [1.82, 2.24) is 20.1 Å². The Balaban J connectivity index is 0.00000132. The van der Waals surface area contributed by atoms with E-state index in [0.29, 0.717) is 5.69 Å². The van der Waals surface area contributed by atoms with Crippen LogP contribution in [0.3, 0.4) is 0 Å². The van der Waals surface area contributed by atoms with Crippen molar-refractivity contribution in [2.45, 2.75) is 31.7 Å². The molecule has 2 N–H and O–H groups in total. The Morgan fingerprint density at radius 3 is 2.74 bits per heavy atom. The number of pyridine rings is 1. The van der Waals surface area contributed by atoms with Crippen LogP contribution in [0, 0.1) is 0 Å². The summed E-state index contributed by atoms with van der Waals surface area (Å²) >= 11 is 0. The summed E-state index contributed by atoms with van der Waals surface area (Å²) in [4.78, 5) is 16.7. The van der Waals surface area contributed by atoms with E-state index in [9.17, 15) is 4.79 Å². The number of nitrogens with zero attached hydrogens (tertiary/aromatic N) is 3. The zero-order valence-electron chi connectivity index (χ0n) is 12.9. The average molecular weight is 358 g/mol. The Labute approximate surface area is 147 Å². The molecule has 1 amide bonds. The van der Waals surface area contributed by atoms with Crippen molar-refractivity contribution in [2.75, 3.05) is 11.9 Å². The van der Waals surface area contributed by atoms with E-state index in [1.165, 1.54) is 0 Å². The minimum Gasteiger partial charge on any atom is -0.323 e. The van der Waals surface area contributed by atoms with Gasteiger partial charge in [0.15, 0.2) is 5.82 Å².